The van der Waals surface area contributed by atoms with E-state index >= 15 is 0 Å². The van der Waals surface area contributed by atoms with Crippen molar-refractivity contribution >= 4 is 15.9 Å². The minimum absolute atomic E-state index is 0.770. The first-order valence-corrected chi connectivity index (χ1v) is 8.81. The summed E-state index contributed by atoms with van der Waals surface area (Å²) in [6.45, 7) is 6.30. The minimum Gasteiger partial charge on any atom is -0.302 e. The average molecular weight is 337 g/mol. The largest absolute Gasteiger partial charge is 0.302 e. The Kier molecular flexibility index (Phi) is 5.14. The number of hydrogen-bond donors (Lipinski definition) is 0. The molecule has 1 atom stereocenters. The summed E-state index contributed by atoms with van der Waals surface area (Å²) in [5.74, 6) is 0. The second-order valence-electron chi connectivity index (χ2n) is 6.26. The third kappa shape index (κ3) is 3.84. The van der Waals surface area contributed by atoms with E-state index in [1.165, 1.54) is 68.3 Å². The molecular weight excluding hydrogens is 312 g/mol. The van der Waals surface area contributed by atoms with E-state index in [4.69, 9.17) is 0 Å². The van der Waals surface area contributed by atoms with Crippen molar-refractivity contribution < 1.29 is 0 Å². The maximum atomic E-state index is 3.58. The molecule has 0 radical (unpaired) electrons. The third-order valence-corrected chi connectivity index (χ3v) is 5.18. The van der Waals surface area contributed by atoms with Gasteiger partial charge in [0.2, 0.25) is 0 Å². The molecule has 0 saturated carbocycles. The smallest absolute Gasteiger partial charge is 0.0237 e. The van der Waals surface area contributed by atoms with Crippen LogP contribution in [0, 0.1) is 0 Å². The number of piperidine rings is 1. The standard InChI is InChI=1S/C17H25BrN2/c18-16-7-4-6-15(12-16)13-20-11-5-8-17(20)14-19-9-2-1-3-10-19/h4,6-7,12,17H,1-3,5,8-11,13-14H2. The van der Waals surface area contributed by atoms with Crippen LogP contribution >= 0.6 is 15.9 Å². The van der Waals surface area contributed by atoms with Crippen molar-refractivity contribution in [1.29, 1.82) is 0 Å². The SMILES string of the molecule is Brc1cccc(CN2CCCC2CN2CCCCC2)c1. The third-order valence-electron chi connectivity index (χ3n) is 4.69. The molecule has 1 aromatic carbocycles. The number of nitrogens with zero attached hydrogens (tertiary/aromatic N) is 2. The Labute approximate surface area is 131 Å². The van der Waals surface area contributed by atoms with Gasteiger partial charge in [0.1, 0.15) is 0 Å². The van der Waals surface area contributed by atoms with Gasteiger partial charge in [0.25, 0.3) is 0 Å². The van der Waals surface area contributed by atoms with E-state index in [0.717, 1.165) is 12.6 Å². The molecule has 2 saturated heterocycles. The lowest BCUT2D eigenvalue weighted by atomic mass is 10.1. The molecule has 110 valence electrons. The Bertz CT molecular complexity index is 429. The van der Waals surface area contributed by atoms with E-state index in [1.807, 2.05) is 0 Å². The first kappa shape index (κ1) is 14.6. The molecule has 2 heterocycles. The fourth-order valence-corrected chi connectivity index (χ4v) is 4.07. The van der Waals surface area contributed by atoms with Crippen molar-refractivity contribution in [3.05, 3.63) is 34.3 Å². The van der Waals surface area contributed by atoms with E-state index < -0.39 is 0 Å². The maximum absolute atomic E-state index is 3.58. The number of halogens is 1. The second-order valence-corrected chi connectivity index (χ2v) is 7.17. The second kappa shape index (κ2) is 7.06. The molecule has 2 fully saturated rings. The average Bonchev–Trinajstić information content (AvgIpc) is 2.87. The summed E-state index contributed by atoms with van der Waals surface area (Å²) in [6.07, 6.45) is 6.98. The Morgan fingerprint density at radius 2 is 1.90 bits per heavy atom. The fourth-order valence-electron chi connectivity index (χ4n) is 3.62. The van der Waals surface area contributed by atoms with Crippen molar-refractivity contribution in [2.45, 2.75) is 44.7 Å². The summed E-state index contributed by atoms with van der Waals surface area (Å²) in [4.78, 5) is 5.38. The van der Waals surface area contributed by atoms with Gasteiger partial charge in [-0.3, -0.25) is 4.90 Å². The highest BCUT2D eigenvalue weighted by molar-refractivity contribution is 9.10. The molecule has 1 aromatic rings. The van der Waals surface area contributed by atoms with Crippen LogP contribution < -0.4 is 0 Å². The monoisotopic (exact) mass is 336 g/mol. The zero-order valence-corrected chi connectivity index (χ0v) is 13.8. The van der Waals surface area contributed by atoms with Gasteiger partial charge in [0, 0.05) is 23.6 Å². The molecule has 2 aliphatic heterocycles. The van der Waals surface area contributed by atoms with Crippen molar-refractivity contribution in [3.8, 4) is 0 Å². The molecule has 0 aromatic heterocycles. The van der Waals surface area contributed by atoms with Gasteiger partial charge in [-0.25, -0.2) is 0 Å². The van der Waals surface area contributed by atoms with Crippen LogP contribution in [0.1, 0.15) is 37.7 Å². The maximum Gasteiger partial charge on any atom is 0.0237 e. The fraction of sp³-hybridized carbons (Fsp3) is 0.647. The Hall–Kier alpha value is -0.380. The van der Waals surface area contributed by atoms with E-state index in [9.17, 15) is 0 Å². The summed E-state index contributed by atoms with van der Waals surface area (Å²) in [7, 11) is 0. The predicted molar refractivity (Wildman–Crippen MR) is 87.9 cm³/mol. The minimum atomic E-state index is 0.770. The summed E-state index contributed by atoms with van der Waals surface area (Å²) < 4.78 is 1.20. The Morgan fingerprint density at radius 3 is 2.70 bits per heavy atom. The van der Waals surface area contributed by atoms with E-state index in [2.05, 4.69) is 50.0 Å². The van der Waals surface area contributed by atoms with Crippen LogP contribution in [-0.2, 0) is 6.54 Å². The molecule has 0 bridgehead atoms. The summed E-state index contributed by atoms with van der Waals surface area (Å²) in [5.41, 5.74) is 1.44. The highest BCUT2D eigenvalue weighted by Crippen LogP contribution is 2.23. The van der Waals surface area contributed by atoms with Gasteiger partial charge >= 0.3 is 0 Å². The lowest BCUT2D eigenvalue weighted by Gasteiger charge is -2.33. The quantitative estimate of drug-likeness (QED) is 0.822. The van der Waals surface area contributed by atoms with Crippen LogP contribution in [0.25, 0.3) is 0 Å². The first-order chi connectivity index (χ1) is 9.81. The normalized spacial score (nSPS) is 25.1. The van der Waals surface area contributed by atoms with Crippen LogP contribution in [0.2, 0.25) is 0 Å². The molecule has 3 rings (SSSR count). The first-order valence-electron chi connectivity index (χ1n) is 8.02. The molecule has 1 unspecified atom stereocenters. The summed E-state index contributed by atoms with van der Waals surface area (Å²) >= 11 is 3.58. The number of benzene rings is 1. The van der Waals surface area contributed by atoms with Crippen LogP contribution in [-0.4, -0.2) is 42.0 Å². The molecule has 0 amide bonds. The molecule has 0 N–H and O–H groups in total. The van der Waals surface area contributed by atoms with Crippen LogP contribution in [0.4, 0.5) is 0 Å². The van der Waals surface area contributed by atoms with E-state index in [0.29, 0.717) is 0 Å². The molecule has 0 aliphatic carbocycles. The summed E-state index contributed by atoms with van der Waals surface area (Å²) in [5, 5.41) is 0. The van der Waals surface area contributed by atoms with Gasteiger partial charge in [0.15, 0.2) is 0 Å². The van der Waals surface area contributed by atoms with Gasteiger partial charge < -0.3 is 4.90 Å². The van der Waals surface area contributed by atoms with Crippen LogP contribution in [0.3, 0.4) is 0 Å². The number of rotatable bonds is 4. The molecule has 2 aliphatic rings. The zero-order valence-electron chi connectivity index (χ0n) is 12.2. The molecular formula is C17H25BrN2. The number of hydrogen-bond acceptors (Lipinski definition) is 2. The lowest BCUT2D eigenvalue weighted by molar-refractivity contribution is 0.149. The highest BCUT2D eigenvalue weighted by Gasteiger charge is 2.26. The van der Waals surface area contributed by atoms with Gasteiger partial charge in [-0.1, -0.05) is 34.5 Å². The van der Waals surface area contributed by atoms with E-state index in [1.54, 1.807) is 0 Å². The number of likely N-dealkylation sites (tertiary alicyclic amines) is 2. The van der Waals surface area contributed by atoms with Crippen molar-refractivity contribution in [1.82, 2.24) is 9.80 Å². The predicted octanol–water partition coefficient (Wildman–Crippen LogP) is 3.90. The Morgan fingerprint density at radius 1 is 1.05 bits per heavy atom. The molecule has 2 nitrogen and oxygen atoms in total. The topological polar surface area (TPSA) is 6.48 Å². The van der Waals surface area contributed by atoms with Gasteiger partial charge in [0.05, 0.1) is 0 Å². The van der Waals surface area contributed by atoms with Gasteiger partial charge in [-0.15, -0.1) is 0 Å². The van der Waals surface area contributed by atoms with Crippen LogP contribution in [0.15, 0.2) is 28.7 Å². The highest BCUT2D eigenvalue weighted by atomic mass is 79.9. The van der Waals surface area contributed by atoms with E-state index in [-0.39, 0.29) is 0 Å². The van der Waals surface area contributed by atoms with Crippen molar-refractivity contribution in [2.24, 2.45) is 0 Å². The molecule has 3 heteroatoms. The summed E-state index contributed by atoms with van der Waals surface area (Å²) in [6, 6.07) is 9.54. The van der Waals surface area contributed by atoms with Gasteiger partial charge in [-0.2, -0.15) is 0 Å². The molecule has 20 heavy (non-hydrogen) atoms. The molecule has 0 spiro atoms. The van der Waals surface area contributed by atoms with Gasteiger partial charge in [-0.05, 0) is 63.0 Å². The lowest BCUT2D eigenvalue weighted by Crippen LogP contribution is -2.42. The van der Waals surface area contributed by atoms with Crippen molar-refractivity contribution in [3.63, 3.8) is 0 Å². The Balaban J connectivity index is 1.57. The van der Waals surface area contributed by atoms with Crippen molar-refractivity contribution in [2.75, 3.05) is 26.2 Å². The zero-order chi connectivity index (χ0) is 13.8. The van der Waals surface area contributed by atoms with Crippen LogP contribution in [0.5, 0.6) is 0 Å².